The largest absolute Gasteiger partial charge is 0.274 e. The predicted molar refractivity (Wildman–Crippen MR) is 57.0 cm³/mol. The summed E-state index contributed by atoms with van der Waals surface area (Å²) in [6.45, 7) is 5.03. The van der Waals surface area contributed by atoms with Crippen LogP contribution < -0.4 is 5.84 Å². The predicted octanol–water partition coefficient (Wildman–Crippen LogP) is 1.17. The molecule has 0 aliphatic heterocycles. The summed E-state index contributed by atoms with van der Waals surface area (Å²) in [6.07, 6.45) is 0. The van der Waals surface area contributed by atoms with Gasteiger partial charge in [-0.25, -0.2) is 10.9 Å². The van der Waals surface area contributed by atoms with Crippen LogP contribution in [0.3, 0.4) is 0 Å². The van der Waals surface area contributed by atoms with Crippen LogP contribution >= 0.6 is 0 Å². The quantitative estimate of drug-likeness (QED) is 0.426. The van der Waals surface area contributed by atoms with Crippen molar-refractivity contribution in [1.29, 1.82) is 0 Å². The number of hydrogen-bond donors (Lipinski definition) is 1. The Hall–Kier alpha value is -1.68. The molecule has 0 aromatic heterocycles. The SMILES string of the molecule is CC(=O)N(N)C(=O)c1cc(C)cc(C)c1. The van der Waals surface area contributed by atoms with Gasteiger partial charge in [0.2, 0.25) is 5.91 Å². The molecule has 4 heteroatoms. The van der Waals surface area contributed by atoms with Gasteiger partial charge in [-0.05, 0) is 26.0 Å². The van der Waals surface area contributed by atoms with Crippen LogP contribution in [0.2, 0.25) is 0 Å². The van der Waals surface area contributed by atoms with Crippen molar-refractivity contribution in [2.45, 2.75) is 20.8 Å². The van der Waals surface area contributed by atoms with Gasteiger partial charge in [0.1, 0.15) is 0 Å². The third kappa shape index (κ3) is 2.63. The number of carbonyl (C=O) groups excluding carboxylic acids is 2. The van der Waals surface area contributed by atoms with Crippen molar-refractivity contribution in [3.63, 3.8) is 0 Å². The summed E-state index contributed by atoms with van der Waals surface area (Å²) < 4.78 is 0. The van der Waals surface area contributed by atoms with E-state index in [0.717, 1.165) is 11.1 Å². The molecule has 80 valence electrons. The van der Waals surface area contributed by atoms with Crippen LogP contribution in [-0.4, -0.2) is 16.8 Å². The zero-order valence-corrected chi connectivity index (χ0v) is 9.07. The summed E-state index contributed by atoms with van der Waals surface area (Å²) >= 11 is 0. The van der Waals surface area contributed by atoms with Gasteiger partial charge in [-0.2, -0.15) is 0 Å². The molecule has 2 amide bonds. The summed E-state index contributed by atoms with van der Waals surface area (Å²) in [6, 6.07) is 5.36. The number of imide groups is 1. The monoisotopic (exact) mass is 206 g/mol. The van der Waals surface area contributed by atoms with Crippen molar-refractivity contribution >= 4 is 11.8 Å². The molecule has 0 heterocycles. The lowest BCUT2D eigenvalue weighted by atomic mass is 10.1. The van der Waals surface area contributed by atoms with Crippen molar-refractivity contribution in [2.75, 3.05) is 0 Å². The molecule has 0 saturated heterocycles. The fourth-order valence-electron chi connectivity index (χ4n) is 1.38. The summed E-state index contributed by atoms with van der Waals surface area (Å²) in [7, 11) is 0. The van der Waals surface area contributed by atoms with Crippen LogP contribution in [0, 0.1) is 13.8 Å². The molecule has 0 bridgehead atoms. The summed E-state index contributed by atoms with van der Waals surface area (Å²) in [5, 5.41) is 0.619. The molecule has 0 radical (unpaired) electrons. The number of amides is 2. The van der Waals surface area contributed by atoms with E-state index in [9.17, 15) is 9.59 Å². The maximum Gasteiger partial charge on any atom is 0.274 e. The first kappa shape index (κ1) is 11.4. The molecule has 2 N–H and O–H groups in total. The lowest BCUT2D eigenvalue weighted by Gasteiger charge is -2.12. The maximum absolute atomic E-state index is 11.7. The Labute approximate surface area is 88.6 Å². The second-order valence-electron chi connectivity index (χ2n) is 3.57. The standard InChI is InChI=1S/C11H14N2O2/c1-7-4-8(2)6-10(5-7)11(15)13(12)9(3)14/h4-6H,12H2,1-3H3. The fourth-order valence-corrected chi connectivity index (χ4v) is 1.38. The molecule has 0 atom stereocenters. The van der Waals surface area contributed by atoms with Crippen LogP contribution in [0.5, 0.6) is 0 Å². The average Bonchev–Trinajstić information content (AvgIpc) is 2.13. The van der Waals surface area contributed by atoms with E-state index >= 15 is 0 Å². The van der Waals surface area contributed by atoms with Gasteiger partial charge in [-0.15, -0.1) is 0 Å². The number of benzene rings is 1. The van der Waals surface area contributed by atoms with E-state index in [1.807, 2.05) is 19.9 Å². The first-order chi connectivity index (χ1) is 6.91. The molecular formula is C11H14N2O2. The Morgan fingerprint density at radius 3 is 2.00 bits per heavy atom. The molecule has 0 unspecified atom stereocenters. The lowest BCUT2D eigenvalue weighted by molar-refractivity contribution is -0.126. The smallest absolute Gasteiger partial charge is 0.273 e. The average molecular weight is 206 g/mol. The second kappa shape index (κ2) is 4.23. The van der Waals surface area contributed by atoms with Gasteiger partial charge in [-0.3, -0.25) is 9.59 Å². The Morgan fingerprint density at radius 2 is 1.60 bits per heavy atom. The Morgan fingerprint density at radius 1 is 1.13 bits per heavy atom. The lowest BCUT2D eigenvalue weighted by Crippen LogP contribution is -2.41. The molecule has 1 rings (SSSR count). The topological polar surface area (TPSA) is 63.4 Å². The number of carbonyl (C=O) groups is 2. The van der Waals surface area contributed by atoms with E-state index in [1.165, 1.54) is 6.92 Å². The molecule has 4 nitrogen and oxygen atoms in total. The molecule has 15 heavy (non-hydrogen) atoms. The first-order valence-corrected chi connectivity index (χ1v) is 4.60. The van der Waals surface area contributed by atoms with Crippen LogP contribution in [0.4, 0.5) is 0 Å². The van der Waals surface area contributed by atoms with Crippen LogP contribution in [0.1, 0.15) is 28.4 Å². The van der Waals surface area contributed by atoms with Gasteiger partial charge < -0.3 is 0 Å². The van der Waals surface area contributed by atoms with Crippen LogP contribution in [0.25, 0.3) is 0 Å². The third-order valence-corrected chi connectivity index (χ3v) is 2.03. The van der Waals surface area contributed by atoms with E-state index < -0.39 is 11.8 Å². The summed E-state index contributed by atoms with van der Waals surface area (Å²) in [4.78, 5) is 22.6. The second-order valence-corrected chi connectivity index (χ2v) is 3.57. The minimum Gasteiger partial charge on any atom is -0.273 e. The highest BCUT2D eigenvalue weighted by Crippen LogP contribution is 2.10. The Balaban J connectivity index is 3.06. The number of hydrazine groups is 1. The number of nitrogens with two attached hydrogens (primary N) is 1. The van der Waals surface area contributed by atoms with Crippen molar-refractivity contribution < 1.29 is 9.59 Å². The fraction of sp³-hybridized carbons (Fsp3) is 0.273. The minimum absolute atomic E-state index is 0.435. The molecule has 0 aliphatic carbocycles. The highest BCUT2D eigenvalue weighted by molar-refractivity contribution is 6.03. The highest BCUT2D eigenvalue weighted by atomic mass is 16.2. The molecule has 1 aromatic carbocycles. The van der Waals surface area contributed by atoms with Gasteiger partial charge >= 0.3 is 0 Å². The van der Waals surface area contributed by atoms with Gasteiger partial charge in [0, 0.05) is 12.5 Å². The van der Waals surface area contributed by atoms with Gasteiger partial charge in [0.15, 0.2) is 0 Å². The van der Waals surface area contributed by atoms with E-state index in [1.54, 1.807) is 12.1 Å². The Kier molecular flexibility index (Phi) is 3.21. The van der Waals surface area contributed by atoms with Crippen molar-refractivity contribution in [1.82, 2.24) is 5.01 Å². The van der Waals surface area contributed by atoms with Crippen molar-refractivity contribution in [3.05, 3.63) is 34.9 Å². The zero-order valence-electron chi connectivity index (χ0n) is 9.07. The van der Waals surface area contributed by atoms with Gasteiger partial charge in [0.25, 0.3) is 5.91 Å². The van der Waals surface area contributed by atoms with E-state index in [-0.39, 0.29) is 0 Å². The summed E-state index contributed by atoms with van der Waals surface area (Å²) in [5.41, 5.74) is 2.37. The number of hydrogen-bond acceptors (Lipinski definition) is 3. The molecule has 0 fully saturated rings. The highest BCUT2D eigenvalue weighted by Gasteiger charge is 2.16. The molecule has 0 aliphatic rings. The Bertz CT molecular complexity index is 393. The molecule has 1 aromatic rings. The molecule has 0 spiro atoms. The third-order valence-electron chi connectivity index (χ3n) is 2.03. The van der Waals surface area contributed by atoms with Gasteiger partial charge in [0.05, 0.1) is 0 Å². The molecular weight excluding hydrogens is 192 g/mol. The first-order valence-electron chi connectivity index (χ1n) is 4.60. The number of aryl methyl sites for hydroxylation is 2. The minimum atomic E-state index is -0.477. The summed E-state index contributed by atoms with van der Waals surface area (Å²) in [5.74, 6) is 4.38. The molecule has 0 saturated carbocycles. The van der Waals surface area contributed by atoms with E-state index in [0.29, 0.717) is 10.6 Å². The number of rotatable bonds is 1. The van der Waals surface area contributed by atoms with Gasteiger partial charge in [-0.1, -0.05) is 17.2 Å². The van der Waals surface area contributed by atoms with Crippen LogP contribution in [-0.2, 0) is 4.79 Å². The van der Waals surface area contributed by atoms with Crippen molar-refractivity contribution in [3.8, 4) is 0 Å². The zero-order chi connectivity index (χ0) is 11.6. The van der Waals surface area contributed by atoms with E-state index in [4.69, 9.17) is 5.84 Å². The normalized spacial score (nSPS) is 9.87. The van der Waals surface area contributed by atoms with E-state index in [2.05, 4.69) is 0 Å². The van der Waals surface area contributed by atoms with Crippen molar-refractivity contribution in [2.24, 2.45) is 5.84 Å². The maximum atomic E-state index is 11.7. The van der Waals surface area contributed by atoms with Crippen LogP contribution in [0.15, 0.2) is 18.2 Å². The number of nitrogens with zero attached hydrogens (tertiary/aromatic N) is 1.